The third-order valence-corrected chi connectivity index (χ3v) is 6.79. The molecule has 8 heteroatoms. The summed E-state index contributed by atoms with van der Waals surface area (Å²) in [6.45, 7) is 0. The van der Waals surface area contributed by atoms with Crippen LogP contribution in [0.15, 0.2) is 14.1 Å². The Hall–Kier alpha value is -0.130. The molecule has 92 valence electrons. The molecule has 0 saturated heterocycles. The number of nitrogens with one attached hydrogen (secondary N) is 1. The molecular formula is C9H8BrClN2O2S2. The standard InChI is InChI=1S/C9H8BrClN2O2S2/c10-9-6(11)3-8(16-9)17(14,15)13-7(4-12)5-1-2-5/h3,5,7,13H,1-2H2. The summed E-state index contributed by atoms with van der Waals surface area (Å²) in [6, 6.07) is 2.72. The van der Waals surface area contributed by atoms with Crippen molar-refractivity contribution in [2.45, 2.75) is 23.1 Å². The maximum absolute atomic E-state index is 12.0. The van der Waals surface area contributed by atoms with Crippen molar-refractivity contribution in [1.82, 2.24) is 4.72 Å². The van der Waals surface area contributed by atoms with Crippen molar-refractivity contribution >= 4 is 48.9 Å². The van der Waals surface area contributed by atoms with Crippen molar-refractivity contribution in [3.05, 3.63) is 14.9 Å². The van der Waals surface area contributed by atoms with E-state index in [1.165, 1.54) is 6.07 Å². The van der Waals surface area contributed by atoms with Crippen LogP contribution in [0.25, 0.3) is 0 Å². The van der Waals surface area contributed by atoms with E-state index in [1.54, 1.807) is 0 Å². The molecule has 0 amide bonds. The third kappa shape index (κ3) is 3.01. The van der Waals surface area contributed by atoms with Crippen molar-refractivity contribution in [3.63, 3.8) is 0 Å². The molecule has 1 unspecified atom stereocenters. The number of sulfonamides is 1. The topological polar surface area (TPSA) is 70.0 Å². The molecule has 1 aliphatic carbocycles. The summed E-state index contributed by atoms with van der Waals surface area (Å²) in [5, 5.41) is 9.25. The number of halogens is 2. The van der Waals surface area contributed by atoms with Gasteiger partial charge in [0, 0.05) is 0 Å². The van der Waals surface area contributed by atoms with Crippen LogP contribution in [-0.4, -0.2) is 14.5 Å². The van der Waals surface area contributed by atoms with Gasteiger partial charge in [-0.05, 0) is 40.8 Å². The summed E-state index contributed by atoms with van der Waals surface area (Å²) in [5.74, 6) is 0.147. The summed E-state index contributed by atoms with van der Waals surface area (Å²) in [4.78, 5) is 0. The molecule has 1 atom stereocenters. The number of hydrogen-bond donors (Lipinski definition) is 1. The highest BCUT2D eigenvalue weighted by Crippen LogP contribution is 2.36. The van der Waals surface area contributed by atoms with Crippen molar-refractivity contribution in [3.8, 4) is 6.07 Å². The van der Waals surface area contributed by atoms with Crippen molar-refractivity contribution in [2.75, 3.05) is 0 Å². The third-order valence-electron chi connectivity index (χ3n) is 2.40. The molecule has 1 aromatic heterocycles. The van der Waals surface area contributed by atoms with Gasteiger partial charge in [0.1, 0.15) is 10.3 Å². The van der Waals surface area contributed by atoms with Gasteiger partial charge < -0.3 is 0 Å². The van der Waals surface area contributed by atoms with Crippen LogP contribution in [-0.2, 0) is 10.0 Å². The molecule has 0 bridgehead atoms. The highest BCUT2D eigenvalue weighted by molar-refractivity contribution is 9.11. The van der Waals surface area contributed by atoms with Gasteiger partial charge in [0.15, 0.2) is 0 Å². The van der Waals surface area contributed by atoms with Gasteiger partial charge in [-0.1, -0.05) is 11.6 Å². The Balaban J connectivity index is 2.21. The van der Waals surface area contributed by atoms with Crippen molar-refractivity contribution < 1.29 is 8.42 Å². The first kappa shape index (κ1) is 13.3. The van der Waals surface area contributed by atoms with Crippen LogP contribution in [0.1, 0.15) is 12.8 Å². The number of thiophene rings is 1. The number of rotatable bonds is 4. The Kier molecular flexibility index (Phi) is 3.80. The molecule has 17 heavy (non-hydrogen) atoms. The molecule has 1 aliphatic rings. The Labute approximate surface area is 117 Å². The van der Waals surface area contributed by atoms with E-state index in [9.17, 15) is 8.42 Å². The van der Waals surface area contributed by atoms with Crippen LogP contribution in [0.4, 0.5) is 0 Å². The first-order chi connectivity index (χ1) is 7.94. The average Bonchev–Trinajstić information content (AvgIpc) is 3.03. The number of nitriles is 1. The first-order valence-corrected chi connectivity index (χ1v) is 8.28. The van der Waals surface area contributed by atoms with Gasteiger partial charge in [-0.2, -0.15) is 9.98 Å². The minimum atomic E-state index is -3.65. The zero-order chi connectivity index (χ0) is 12.6. The quantitative estimate of drug-likeness (QED) is 0.903. The number of hydrogen-bond acceptors (Lipinski definition) is 4. The Bertz CT molecular complexity index is 555. The molecule has 1 aromatic rings. The van der Waals surface area contributed by atoms with Gasteiger partial charge >= 0.3 is 0 Å². The Morgan fingerprint density at radius 1 is 1.65 bits per heavy atom. The zero-order valence-electron chi connectivity index (χ0n) is 8.48. The van der Waals surface area contributed by atoms with E-state index in [-0.39, 0.29) is 10.1 Å². The van der Waals surface area contributed by atoms with E-state index >= 15 is 0 Å². The molecule has 1 fully saturated rings. The molecule has 1 heterocycles. The van der Waals surface area contributed by atoms with Crippen LogP contribution in [0.2, 0.25) is 5.02 Å². The summed E-state index contributed by atoms with van der Waals surface area (Å²) < 4.78 is 27.0. The van der Waals surface area contributed by atoms with Gasteiger partial charge in [0.2, 0.25) is 0 Å². The average molecular weight is 356 g/mol. The van der Waals surface area contributed by atoms with Gasteiger partial charge in [0.05, 0.1) is 14.9 Å². The highest BCUT2D eigenvalue weighted by atomic mass is 79.9. The molecule has 2 rings (SSSR count). The highest BCUT2D eigenvalue weighted by Gasteiger charge is 2.35. The molecule has 0 aromatic carbocycles. The van der Waals surface area contributed by atoms with Crippen molar-refractivity contribution in [2.24, 2.45) is 5.92 Å². The fourth-order valence-corrected chi connectivity index (χ4v) is 4.97. The maximum Gasteiger partial charge on any atom is 0.251 e. The lowest BCUT2D eigenvalue weighted by molar-refractivity contribution is 0.562. The second-order valence-electron chi connectivity index (χ2n) is 3.75. The minimum Gasteiger partial charge on any atom is -0.206 e. The summed E-state index contributed by atoms with van der Waals surface area (Å²) >= 11 is 9.98. The van der Waals surface area contributed by atoms with E-state index in [0.717, 1.165) is 24.2 Å². The molecular weight excluding hydrogens is 348 g/mol. The van der Waals surface area contributed by atoms with Crippen LogP contribution in [0.5, 0.6) is 0 Å². The summed E-state index contributed by atoms with van der Waals surface area (Å²) in [6.07, 6.45) is 1.80. The largest absolute Gasteiger partial charge is 0.251 e. The maximum atomic E-state index is 12.0. The molecule has 1 N–H and O–H groups in total. The van der Waals surface area contributed by atoms with E-state index in [2.05, 4.69) is 20.7 Å². The van der Waals surface area contributed by atoms with Gasteiger partial charge in [-0.15, -0.1) is 11.3 Å². The number of nitrogens with zero attached hydrogens (tertiary/aromatic N) is 1. The van der Waals surface area contributed by atoms with E-state index in [0.29, 0.717) is 8.81 Å². The zero-order valence-corrected chi connectivity index (χ0v) is 12.5. The molecule has 4 nitrogen and oxygen atoms in total. The molecule has 1 saturated carbocycles. The lowest BCUT2D eigenvalue weighted by Gasteiger charge is -2.09. The van der Waals surface area contributed by atoms with Gasteiger partial charge in [-0.25, -0.2) is 8.42 Å². The minimum absolute atomic E-state index is 0.121. The lowest BCUT2D eigenvalue weighted by Crippen LogP contribution is -2.34. The summed E-state index contributed by atoms with van der Waals surface area (Å²) in [5.41, 5.74) is 0. The Morgan fingerprint density at radius 3 is 2.71 bits per heavy atom. The van der Waals surface area contributed by atoms with E-state index < -0.39 is 16.1 Å². The predicted molar refractivity (Wildman–Crippen MR) is 69.5 cm³/mol. The Morgan fingerprint density at radius 2 is 2.29 bits per heavy atom. The second-order valence-corrected chi connectivity index (χ2v) is 8.47. The predicted octanol–water partition coefficient (Wildman–Crippen LogP) is 2.74. The molecule has 0 spiro atoms. The lowest BCUT2D eigenvalue weighted by atomic mass is 10.2. The molecule has 0 radical (unpaired) electrons. The van der Waals surface area contributed by atoms with E-state index in [1.807, 2.05) is 6.07 Å². The SMILES string of the molecule is N#CC(NS(=O)(=O)c1cc(Cl)c(Br)s1)C1CC1. The van der Waals surface area contributed by atoms with Gasteiger partial charge in [0.25, 0.3) is 10.0 Å². The normalized spacial score (nSPS) is 17.7. The summed E-state index contributed by atoms with van der Waals surface area (Å²) in [7, 11) is -3.65. The fourth-order valence-electron chi connectivity index (χ4n) is 1.34. The second kappa shape index (κ2) is 4.86. The molecule has 0 aliphatic heterocycles. The van der Waals surface area contributed by atoms with Gasteiger partial charge in [-0.3, -0.25) is 0 Å². The first-order valence-electron chi connectivity index (χ1n) is 4.81. The monoisotopic (exact) mass is 354 g/mol. The van der Waals surface area contributed by atoms with Crippen LogP contribution < -0.4 is 4.72 Å². The van der Waals surface area contributed by atoms with Crippen molar-refractivity contribution in [1.29, 1.82) is 5.26 Å². The van der Waals surface area contributed by atoms with Crippen LogP contribution in [0.3, 0.4) is 0 Å². The smallest absolute Gasteiger partial charge is 0.206 e. The van der Waals surface area contributed by atoms with E-state index in [4.69, 9.17) is 16.9 Å². The van der Waals surface area contributed by atoms with Crippen LogP contribution in [0, 0.1) is 17.2 Å². The van der Waals surface area contributed by atoms with Crippen LogP contribution >= 0.6 is 38.9 Å². The fraction of sp³-hybridized carbons (Fsp3) is 0.444.